The number of benzene rings is 10. The highest BCUT2D eigenvalue weighted by molar-refractivity contribution is 7.25. The molecule has 1 aromatic heterocycles. The smallest absolute Gasteiger partial charge is 0.0540 e. The van der Waals surface area contributed by atoms with Crippen LogP contribution >= 0.6 is 11.3 Å². The van der Waals surface area contributed by atoms with Crippen molar-refractivity contribution in [1.82, 2.24) is 0 Å². The summed E-state index contributed by atoms with van der Waals surface area (Å²) in [5.74, 6) is 0.574. The van der Waals surface area contributed by atoms with Gasteiger partial charge in [0.1, 0.15) is 0 Å². The van der Waals surface area contributed by atoms with Gasteiger partial charge in [0, 0.05) is 37.0 Å². The predicted molar refractivity (Wildman–Crippen MR) is 285 cm³/mol. The molecule has 1 aliphatic rings. The maximum Gasteiger partial charge on any atom is 0.0540 e. The maximum atomic E-state index is 2.53. The van der Waals surface area contributed by atoms with Crippen molar-refractivity contribution >= 4 is 59.3 Å². The largest absolute Gasteiger partial charge is 0.309 e. The molecule has 1 saturated carbocycles. The molecule has 0 atom stereocenters. The summed E-state index contributed by atoms with van der Waals surface area (Å²) in [4.78, 5) is 2.53. The van der Waals surface area contributed by atoms with Crippen LogP contribution in [-0.4, -0.2) is 0 Å². The zero-order valence-electron chi connectivity index (χ0n) is 36.9. The number of anilines is 3. The van der Waals surface area contributed by atoms with E-state index >= 15 is 0 Å². The molecule has 0 N–H and O–H groups in total. The van der Waals surface area contributed by atoms with Gasteiger partial charge in [0.15, 0.2) is 0 Å². The van der Waals surface area contributed by atoms with Crippen LogP contribution in [0.5, 0.6) is 0 Å². The number of fused-ring (bicyclic) bond motifs is 4. The van der Waals surface area contributed by atoms with Gasteiger partial charge in [-0.05, 0) is 122 Å². The first-order valence-corrected chi connectivity index (χ1v) is 24.3. The zero-order chi connectivity index (χ0) is 43.8. The molecule has 316 valence electrons. The van der Waals surface area contributed by atoms with Crippen LogP contribution in [0.4, 0.5) is 17.1 Å². The van der Waals surface area contributed by atoms with Crippen LogP contribution in [-0.2, 0) is 0 Å². The number of hydrogen-bond acceptors (Lipinski definition) is 2. The highest BCUT2D eigenvalue weighted by atomic mass is 32.1. The molecule has 0 unspecified atom stereocenters. The van der Waals surface area contributed by atoms with E-state index in [2.05, 4.69) is 235 Å². The van der Waals surface area contributed by atoms with Crippen LogP contribution in [0.3, 0.4) is 0 Å². The van der Waals surface area contributed by atoms with Crippen molar-refractivity contribution in [2.75, 3.05) is 4.90 Å². The lowest BCUT2D eigenvalue weighted by atomic mass is 9.80. The highest BCUT2D eigenvalue weighted by Crippen LogP contribution is 2.50. The van der Waals surface area contributed by atoms with Crippen molar-refractivity contribution in [2.45, 2.75) is 38.0 Å². The minimum absolute atomic E-state index is 0.574. The van der Waals surface area contributed by atoms with Gasteiger partial charge in [-0.15, -0.1) is 11.3 Å². The van der Waals surface area contributed by atoms with Crippen molar-refractivity contribution in [3.05, 3.63) is 236 Å². The second-order valence-electron chi connectivity index (χ2n) is 17.8. The van der Waals surface area contributed by atoms with Crippen LogP contribution in [0.25, 0.3) is 86.6 Å². The monoisotopic (exact) mass is 863 g/mol. The summed E-state index contributed by atoms with van der Waals surface area (Å²) in [6.07, 6.45) is 6.46. The van der Waals surface area contributed by atoms with Crippen molar-refractivity contribution in [1.29, 1.82) is 0 Å². The maximum absolute atomic E-state index is 2.53. The van der Waals surface area contributed by atoms with Gasteiger partial charge in [0.2, 0.25) is 0 Å². The number of hydrogen-bond donors (Lipinski definition) is 0. The lowest BCUT2D eigenvalue weighted by Crippen LogP contribution is -2.12. The molecule has 0 aliphatic heterocycles. The number of nitrogens with zero attached hydrogens (tertiary/aromatic N) is 1. The minimum atomic E-state index is 0.574. The fourth-order valence-electron chi connectivity index (χ4n) is 10.8. The second-order valence-corrected chi connectivity index (χ2v) is 18.9. The van der Waals surface area contributed by atoms with E-state index in [1.54, 1.807) is 0 Å². The van der Waals surface area contributed by atoms with Gasteiger partial charge < -0.3 is 4.90 Å². The Morgan fingerprint density at radius 2 is 0.894 bits per heavy atom. The van der Waals surface area contributed by atoms with Crippen LogP contribution in [0.15, 0.2) is 231 Å². The van der Waals surface area contributed by atoms with E-state index < -0.39 is 0 Å². The van der Waals surface area contributed by atoms with Gasteiger partial charge in [-0.1, -0.05) is 207 Å². The number of thiophene rings is 1. The summed E-state index contributed by atoms with van der Waals surface area (Å²) in [7, 11) is 0. The minimum Gasteiger partial charge on any atom is -0.309 e. The normalized spacial score (nSPS) is 13.1. The highest BCUT2D eigenvalue weighted by Gasteiger charge is 2.25. The predicted octanol–water partition coefficient (Wildman–Crippen LogP) is 19.1. The van der Waals surface area contributed by atoms with Gasteiger partial charge in [-0.3, -0.25) is 0 Å². The molecular weight excluding hydrogens is 815 g/mol. The van der Waals surface area contributed by atoms with Crippen molar-refractivity contribution in [2.24, 2.45) is 0 Å². The second kappa shape index (κ2) is 17.5. The van der Waals surface area contributed by atoms with E-state index in [-0.39, 0.29) is 0 Å². The average molecular weight is 864 g/mol. The Labute approximate surface area is 391 Å². The summed E-state index contributed by atoms with van der Waals surface area (Å²) < 4.78 is 2.62. The quantitative estimate of drug-likeness (QED) is 0.140. The summed E-state index contributed by atoms with van der Waals surface area (Å²) in [6, 6.07) is 85.5. The first kappa shape index (κ1) is 40.0. The van der Waals surface area contributed by atoms with Crippen LogP contribution in [0.1, 0.15) is 43.6 Å². The van der Waals surface area contributed by atoms with E-state index in [1.807, 2.05) is 11.3 Å². The van der Waals surface area contributed by atoms with E-state index in [9.17, 15) is 0 Å². The SMILES string of the molecule is c1ccc(-c2ccc(-c3ccc(N(c4ccccc4-c4cccc5cccc(C6CCCCC6)c45)c4ccccc4-c4cccc5sc6ccccc6c45)cc3)cc2-c2ccccc2)cc1. The summed E-state index contributed by atoms with van der Waals surface area (Å²) in [5, 5.41) is 5.32. The fraction of sp³-hybridized carbons (Fsp3) is 0.0938. The number of para-hydroxylation sites is 2. The molecule has 1 aliphatic carbocycles. The summed E-state index contributed by atoms with van der Waals surface area (Å²) in [6.45, 7) is 0. The molecule has 66 heavy (non-hydrogen) atoms. The van der Waals surface area contributed by atoms with Crippen molar-refractivity contribution in [3.8, 4) is 55.6 Å². The van der Waals surface area contributed by atoms with E-state index in [0.29, 0.717) is 5.92 Å². The lowest BCUT2D eigenvalue weighted by Gasteiger charge is -2.31. The summed E-state index contributed by atoms with van der Waals surface area (Å²) in [5.41, 5.74) is 17.1. The van der Waals surface area contributed by atoms with Gasteiger partial charge in [-0.2, -0.15) is 0 Å². The number of rotatable bonds is 9. The molecule has 0 bridgehead atoms. The Kier molecular flexibility index (Phi) is 10.6. The Bertz CT molecular complexity index is 3500. The molecule has 0 saturated heterocycles. The molecular formula is C64H49NS. The average Bonchev–Trinajstić information content (AvgIpc) is 3.79. The Balaban J connectivity index is 1.06. The third-order valence-corrected chi connectivity index (χ3v) is 15.0. The van der Waals surface area contributed by atoms with Crippen LogP contribution in [0, 0.1) is 0 Å². The molecule has 0 amide bonds. The molecule has 0 spiro atoms. The molecule has 11 aromatic rings. The third kappa shape index (κ3) is 7.28. The molecule has 2 heteroatoms. The molecule has 1 fully saturated rings. The van der Waals surface area contributed by atoms with E-state index in [1.165, 1.54) is 124 Å². The fourth-order valence-corrected chi connectivity index (χ4v) is 11.9. The van der Waals surface area contributed by atoms with Crippen molar-refractivity contribution < 1.29 is 0 Å². The molecule has 1 nitrogen and oxygen atoms in total. The van der Waals surface area contributed by atoms with Gasteiger partial charge >= 0.3 is 0 Å². The zero-order valence-corrected chi connectivity index (χ0v) is 37.7. The topological polar surface area (TPSA) is 3.24 Å². The third-order valence-electron chi connectivity index (χ3n) is 13.9. The standard InChI is InChI=1S/C64H49NS/c1-4-19-45(20-5-1)51-42-39-49(43-58(51)47-23-8-3-9-24-47)44-37-40-50(41-38-44)65(60-34-14-11-28-54(60)56-32-18-36-62-64(56)57-29-12-15-35-61(57)66-62)59-33-13-10-27-53(59)55-31-17-26-48-25-16-30-52(63(48)55)46-21-6-2-7-22-46/h1,3-5,8-20,23-43,46H,2,6-7,21-22H2. The Morgan fingerprint density at radius 3 is 1.61 bits per heavy atom. The van der Waals surface area contributed by atoms with E-state index in [0.717, 1.165) is 17.1 Å². The summed E-state index contributed by atoms with van der Waals surface area (Å²) >= 11 is 1.88. The van der Waals surface area contributed by atoms with E-state index in [4.69, 9.17) is 0 Å². The molecule has 10 aromatic carbocycles. The van der Waals surface area contributed by atoms with Gasteiger partial charge in [0.25, 0.3) is 0 Å². The van der Waals surface area contributed by atoms with Crippen molar-refractivity contribution in [3.63, 3.8) is 0 Å². The molecule has 12 rings (SSSR count). The van der Waals surface area contributed by atoms with Gasteiger partial charge in [-0.25, -0.2) is 0 Å². The lowest BCUT2D eigenvalue weighted by molar-refractivity contribution is 0.445. The molecule has 0 radical (unpaired) electrons. The Morgan fingerprint density at radius 1 is 0.348 bits per heavy atom. The van der Waals surface area contributed by atoms with Gasteiger partial charge in [0.05, 0.1) is 11.4 Å². The molecule has 1 heterocycles. The van der Waals surface area contributed by atoms with Crippen LogP contribution in [0.2, 0.25) is 0 Å². The van der Waals surface area contributed by atoms with Crippen LogP contribution < -0.4 is 4.90 Å². The first-order chi connectivity index (χ1) is 32.8. The first-order valence-electron chi connectivity index (χ1n) is 23.5. The Hall–Kier alpha value is -7.52.